The molecule has 0 radical (unpaired) electrons. The SMILES string of the molecule is CCCC[Si]1([c-]2ccc3ccccc32)CCC1.[C-]1=CC=CC1.[Cl-].[Cl-].[Zr+4]. The minimum atomic E-state index is -1.05. The van der Waals surface area contributed by atoms with Gasteiger partial charge in [0.25, 0.3) is 0 Å². The number of halogens is 2. The van der Waals surface area contributed by atoms with Crippen LogP contribution in [0.5, 0.6) is 0 Å². The van der Waals surface area contributed by atoms with E-state index >= 15 is 0 Å². The predicted molar refractivity (Wildman–Crippen MR) is 100 cm³/mol. The Morgan fingerprint density at radius 1 is 1.12 bits per heavy atom. The summed E-state index contributed by atoms with van der Waals surface area (Å²) in [4.78, 5) is 0. The Balaban J connectivity index is 0.000000630. The molecule has 1 fully saturated rings. The van der Waals surface area contributed by atoms with Crippen LogP contribution in [0.25, 0.3) is 10.8 Å². The van der Waals surface area contributed by atoms with Gasteiger partial charge < -0.3 is 24.8 Å². The predicted octanol–water partition coefficient (Wildman–Crippen LogP) is -0.271. The van der Waals surface area contributed by atoms with Gasteiger partial charge in [0.2, 0.25) is 0 Å². The van der Waals surface area contributed by atoms with Gasteiger partial charge in [-0.1, -0.05) is 50.4 Å². The van der Waals surface area contributed by atoms with Gasteiger partial charge in [-0.2, -0.15) is 18.2 Å². The van der Waals surface area contributed by atoms with Gasteiger partial charge in [0.05, 0.1) is 0 Å². The number of hydrogen-bond acceptors (Lipinski definition) is 0. The molecule has 25 heavy (non-hydrogen) atoms. The zero-order valence-corrected chi connectivity index (χ0v) is 19.9. The van der Waals surface area contributed by atoms with Crippen LogP contribution in [-0.4, -0.2) is 8.07 Å². The van der Waals surface area contributed by atoms with Crippen molar-refractivity contribution in [3.05, 3.63) is 60.7 Å². The molecule has 1 aliphatic carbocycles. The third-order valence-electron chi connectivity index (χ3n) is 5.16. The van der Waals surface area contributed by atoms with Gasteiger partial charge in [-0.3, -0.25) is 6.08 Å². The molecule has 0 amide bonds. The van der Waals surface area contributed by atoms with Crippen molar-refractivity contribution in [1.82, 2.24) is 0 Å². The van der Waals surface area contributed by atoms with E-state index in [4.69, 9.17) is 0 Å². The van der Waals surface area contributed by atoms with E-state index in [2.05, 4.69) is 55.5 Å². The molecular weight excluding hydrogens is 442 g/mol. The standard InChI is InChI=1S/C16H21Si.C5H5.2ClH.Zr/c1-2-3-11-17(12-6-13-17)16-10-9-14-7-4-5-8-15(14)16;1-2-4-5-3-1;;;/h4-5,7-10H,2-3,6,11-13H2,1H3;1-3H,4H2;2*1H;/q2*-1;;;+4/p-2. The van der Waals surface area contributed by atoms with Gasteiger partial charge in [0.1, 0.15) is 0 Å². The molecule has 2 aliphatic rings. The molecule has 0 N–H and O–H groups in total. The molecule has 2 aromatic rings. The van der Waals surface area contributed by atoms with Crippen molar-refractivity contribution in [2.45, 2.75) is 50.7 Å². The second kappa shape index (κ2) is 12.4. The van der Waals surface area contributed by atoms with E-state index in [0.717, 1.165) is 6.42 Å². The van der Waals surface area contributed by atoms with Crippen molar-refractivity contribution in [2.24, 2.45) is 0 Å². The van der Waals surface area contributed by atoms with Crippen molar-refractivity contribution in [3.63, 3.8) is 0 Å². The molecule has 0 unspecified atom stereocenters. The average molecular weight is 469 g/mol. The number of benzene rings is 1. The molecule has 1 heterocycles. The monoisotopic (exact) mass is 466 g/mol. The summed E-state index contributed by atoms with van der Waals surface area (Å²) in [5, 5.41) is 4.79. The van der Waals surface area contributed by atoms with E-state index in [1.807, 2.05) is 12.2 Å². The van der Waals surface area contributed by atoms with Crippen molar-refractivity contribution in [2.75, 3.05) is 0 Å². The van der Waals surface area contributed by atoms with Crippen molar-refractivity contribution in [3.8, 4) is 0 Å². The molecule has 1 aliphatic heterocycles. The molecule has 4 rings (SSSR count). The van der Waals surface area contributed by atoms with Crippen LogP contribution in [0.4, 0.5) is 0 Å². The number of hydrogen-bond donors (Lipinski definition) is 0. The van der Waals surface area contributed by atoms with Crippen LogP contribution in [0.3, 0.4) is 0 Å². The molecule has 1 saturated heterocycles. The van der Waals surface area contributed by atoms with Crippen LogP contribution < -0.4 is 30.0 Å². The van der Waals surface area contributed by atoms with Crippen LogP contribution >= 0.6 is 0 Å². The topological polar surface area (TPSA) is 0 Å². The normalized spacial score (nSPS) is 15.9. The van der Waals surface area contributed by atoms with Crippen molar-refractivity contribution >= 4 is 24.0 Å². The number of unbranched alkanes of at least 4 members (excludes halogenated alkanes) is 1. The minimum Gasteiger partial charge on any atom is -1.00 e. The van der Waals surface area contributed by atoms with Gasteiger partial charge in [0, 0.05) is 8.07 Å². The van der Waals surface area contributed by atoms with Crippen molar-refractivity contribution < 1.29 is 51.0 Å². The molecule has 0 aromatic heterocycles. The zero-order valence-electron chi connectivity index (χ0n) is 14.9. The van der Waals surface area contributed by atoms with Gasteiger partial charge in [-0.05, 0) is 0 Å². The molecule has 0 atom stereocenters. The zero-order chi connectivity index (χ0) is 15.3. The first-order chi connectivity index (χ1) is 10.9. The molecule has 0 saturated carbocycles. The van der Waals surface area contributed by atoms with Gasteiger partial charge in [-0.25, -0.2) is 12.2 Å². The van der Waals surface area contributed by atoms with E-state index < -0.39 is 8.07 Å². The molecule has 0 bridgehead atoms. The fourth-order valence-electron chi connectivity index (χ4n) is 3.73. The Labute approximate surface area is 185 Å². The number of rotatable bonds is 4. The smallest absolute Gasteiger partial charge is 1.00 e. The van der Waals surface area contributed by atoms with E-state index in [1.54, 1.807) is 22.7 Å². The summed E-state index contributed by atoms with van der Waals surface area (Å²) < 4.78 is 0. The van der Waals surface area contributed by atoms with E-state index in [9.17, 15) is 0 Å². The van der Waals surface area contributed by atoms with Crippen LogP contribution in [0.1, 0.15) is 32.6 Å². The summed E-state index contributed by atoms with van der Waals surface area (Å²) in [7, 11) is -1.05. The van der Waals surface area contributed by atoms with Gasteiger partial charge in [0.15, 0.2) is 0 Å². The quantitative estimate of drug-likeness (QED) is 0.428. The Morgan fingerprint density at radius 2 is 1.88 bits per heavy atom. The summed E-state index contributed by atoms with van der Waals surface area (Å²) >= 11 is 0. The van der Waals surface area contributed by atoms with E-state index in [0.29, 0.717) is 0 Å². The largest absolute Gasteiger partial charge is 4.00 e. The Bertz CT molecular complexity index is 661. The summed E-state index contributed by atoms with van der Waals surface area (Å²) in [5.41, 5.74) is 0. The fourth-order valence-corrected chi connectivity index (χ4v) is 8.51. The minimum absolute atomic E-state index is 0. The second-order valence-corrected chi connectivity index (χ2v) is 11.2. The number of fused-ring (bicyclic) bond motifs is 1. The summed E-state index contributed by atoms with van der Waals surface area (Å²) in [5.74, 6) is 0. The van der Waals surface area contributed by atoms with Crippen LogP contribution in [0.15, 0.2) is 54.6 Å². The maximum atomic E-state index is 2.99. The third kappa shape index (κ3) is 5.99. The van der Waals surface area contributed by atoms with Crippen LogP contribution in [0, 0.1) is 6.08 Å². The molecule has 0 spiro atoms. The van der Waals surface area contributed by atoms with Gasteiger partial charge >= 0.3 is 26.2 Å². The first kappa shape index (κ1) is 25.0. The Hall–Kier alpha value is -0.01000. The first-order valence-corrected chi connectivity index (χ1v) is 11.3. The van der Waals surface area contributed by atoms with Crippen LogP contribution in [-0.2, 0) is 26.2 Å². The molecule has 132 valence electrons. The number of allylic oxidation sites excluding steroid dienone is 4. The third-order valence-corrected chi connectivity index (χ3v) is 10.7. The van der Waals surface area contributed by atoms with Crippen molar-refractivity contribution in [1.29, 1.82) is 0 Å². The second-order valence-electron chi connectivity index (χ2n) is 6.57. The van der Waals surface area contributed by atoms with Gasteiger partial charge in [-0.15, -0.1) is 40.6 Å². The fraction of sp³-hybridized carbons (Fsp3) is 0.381. The first-order valence-electron chi connectivity index (χ1n) is 8.72. The van der Waals surface area contributed by atoms with Crippen LogP contribution in [0.2, 0.25) is 18.1 Å². The summed E-state index contributed by atoms with van der Waals surface area (Å²) in [6.45, 7) is 2.32. The average Bonchev–Trinajstić information content (AvgIpc) is 3.20. The summed E-state index contributed by atoms with van der Waals surface area (Å²) in [6, 6.07) is 18.4. The molecule has 4 heteroatoms. The summed E-state index contributed by atoms with van der Waals surface area (Å²) in [6.07, 6.45) is 14.3. The van der Waals surface area contributed by atoms with E-state index in [-0.39, 0.29) is 51.0 Å². The Morgan fingerprint density at radius 3 is 2.40 bits per heavy atom. The Kier molecular flexibility index (Phi) is 12.4. The maximum absolute atomic E-state index is 2.99. The molecular formula is C21H26Cl2SiZr. The molecule has 0 nitrogen and oxygen atoms in total. The maximum Gasteiger partial charge on any atom is 4.00 e. The van der Waals surface area contributed by atoms with E-state index in [1.165, 1.54) is 30.7 Å². The molecule has 2 aromatic carbocycles.